The summed E-state index contributed by atoms with van der Waals surface area (Å²) in [6, 6.07) is 0. The molecule has 0 radical (unpaired) electrons. The Morgan fingerprint density at radius 3 is 2.25 bits per heavy atom. The summed E-state index contributed by atoms with van der Waals surface area (Å²) in [7, 11) is 0. The van der Waals surface area contributed by atoms with Gasteiger partial charge in [0.15, 0.2) is 5.96 Å². The molecule has 0 aromatic heterocycles. The molecule has 1 amide bonds. The van der Waals surface area contributed by atoms with Crippen LogP contribution in [0.3, 0.4) is 0 Å². The van der Waals surface area contributed by atoms with Gasteiger partial charge in [0.1, 0.15) is 0 Å². The minimum Gasteiger partial charge on any atom is -0.357 e. The van der Waals surface area contributed by atoms with Crippen molar-refractivity contribution in [2.45, 2.75) is 32.4 Å². The largest absolute Gasteiger partial charge is 0.357 e. The second-order valence-corrected chi connectivity index (χ2v) is 7.14. The van der Waals surface area contributed by atoms with Gasteiger partial charge in [-0.2, -0.15) is 11.8 Å². The third-order valence-electron chi connectivity index (χ3n) is 3.52. The first-order chi connectivity index (χ1) is 9.39. The van der Waals surface area contributed by atoms with Gasteiger partial charge in [-0.25, -0.2) is 0 Å². The Labute approximate surface area is 127 Å². The Balaban J connectivity index is 2.63. The zero-order valence-electron chi connectivity index (χ0n) is 13.4. The van der Waals surface area contributed by atoms with E-state index in [1.165, 1.54) is 0 Å². The molecule has 0 atom stereocenters. The molecule has 1 saturated heterocycles. The van der Waals surface area contributed by atoms with Gasteiger partial charge >= 0.3 is 0 Å². The predicted octanol–water partition coefficient (Wildman–Crippen LogP) is 1.26. The van der Waals surface area contributed by atoms with E-state index in [1.807, 2.05) is 16.7 Å². The highest BCUT2D eigenvalue weighted by atomic mass is 32.2. The molecule has 1 heterocycles. The van der Waals surface area contributed by atoms with Crippen LogP contribution >= 0.6 is 11.8 Å². The fourth-order valence-electron chi connectivity index (χ4n) is 1.99. The summed E-state index contributed by atoms with van der Waals surface area (Å²) >= 11 is 1.83. The molecular formula is C14H28N4OS. The number of piperazine rings is 1. The highest BCUT2D eigenvalue weighted by Crippen LogP contribution is 2.21. The van der Waals surface area contributed by atoms with Crippen LogP contribution in [0.2, 0.25) is 0 Å². The Kier molecular flexibility index (Phi) is 6.65. The molecule has 6 heteroatoms. The maximum atomic E-state index is 11.4. The third kappa shape index (κ3) is 5.23. The number of aliphatic imine (C=N–C) groups is 1. The Bertz CT molecular complexity index is 349. The average Bonchev–Trinajstić information content (AvgIpc) is 2.43. The summed E-state index contributed by atoms with van der Waals surface area (Å²) in [5, 5.41) is 3.36. The van der Waals surface area contributed by atoms with Crippen molar-refractivity contribution in [3.05, 3.63) is 0 Å². The van der Waals surface area contributed by atoms with Crippen LogP contribution in [0.15, 0.2) is 4.99 Å². The first kappa shape index (κ1) is 17.1. The molecular weight excluding hydrogens is 272 g/mol. The lowest BCUT2D eigenvalue weighted by Crippen LogP contribution is -2.53. The van der Waals surface area contributed by atoms with Crippen molar-refractivity contribution in [1.82, 2.24) is 15.1 Å². The summed E-state index contributed by atoms with van der Waals surface area (Å²) in [5.41, 5.74) is 0. The van der Waals surface area contributed by atoms with Gasteiger partial charge in [0.25, 0.3) is 0 Å². The van der Waals surface area contributed by atoms with E-state index in [0.29, 0.717) is 0 Å². The molecule has 20 heavy (non-hydrogen) atoms. The fraction of sp³-hybridized carbons (Fsp3) is 0.857. The van der Waals surface area contributed by atoms with Gasteiger partial charge in [-0.05, 0) is 27.0 Å². The number of hydrogen-bond donors (Lipinski definition) is 1. The van der Waals surface area contributed by atoms with Crippen LogP contribution in [0.1, 0.15) is 27.7 Å². The van der Waals surface area contributed by atoms with Crippen molar-refractivity contribution in [3.63, 3.8) is 0 Å². The molecule has 0 saturated carbocycles. The van der Waals surface area contributed by atoms with Gasteiger partial charge in [0.2, 0.25) is 5.91 Å². The number of carbonyl (C=O) groups is 1. The van der Waals surface area contributed by atoms with Crippen LogP contribution < -0.4 is 5.32 Å². The van der Waals surface area contributed by atoms with E-state index < -0.39 is 0 Å². The first-order valence-corrected chi connectivity index (χ1v) is 8.46. The van der Waals surface area contributed by atoms with Crippen molar-refractivity contribution >= 4 is 23.6 Å². The predicted molar refractivity (Wildman–Crippen MR) is 87.4 cm³/mol. The topological polar surface area (TPSA) is 47.9 Å². The van der Waals surface area contributed by atoms with Gasteiger partial charge in [-0.3, -0.25) is 9.79 Å². The van der Waals surface area contributed by atoms with Crippen LogP contribution in [-0.4, -0.2) is 71.9 Å². The van der Waals surface area contributed by atoms with E-state index in [-0.39, 0.29) is 10.7 Å². The van der Waals surface area contributed by atoms with Gasteiger partial charge in [-0.1, -0.05) is 0 Å². The second-order valence-electron chi connectivity index (χ2n) is 5.63. The van der Waals surface area contributed by atoms with Crippen LogP contribution in [0, 0.1) is 0 Å². The molecule has 1 aliphatic heterocycles. The lowest BCUT2D eigenvalue weighted by Gasteiger charge is -2.36. The standard InChI is InChI=1S/C14H28N4OS/c1-6-15-13(16-11-14(3,4)20-5)18-9-7-17(8-10-18)12(2)19/h6-11H2,1-5H3,(H,15,16). The molecule has 0 aliphatic carbocycles. The number of thioether (sulfide) groups is 1. The van der Waals surface area contributed by atoms with Crippen LogP contribution in [0.5, 0.6) is 0 Å². The lowest BCUT2D eigenvalue weighted by molar-refractivity contribution is -0.130. The molecule has 1 N–H and O–H groups in total. The Morgan fingerprint density at radius 2 is 1.80 bits per heavy atom. The molecule has 116 valence electrons. The molecule has 1 fully saturated rings. The van der Waals surface area contributed by atoms with E-state index >= 15 is 0 Å². The van der Waals surface area contributed by atoms with E-state index in [2.05, 4.69) is 37.2 Å². The van der Waals surface area contributed by atoms with Crippen LogP contribution in [0.4, 0.5) is 0 Å². The molecule has 0 aromatic rings. The Morgan fingerprint density at radius 1 is 1.25 bits per heavy atom. The molecule has 0 unspecified atom stereocenters. The fourth-order valence-corrected chi connectivity index (χ4v) is 2.18. The maximum Gasteiger partial charge on any atom is 0.219 e. The highest BCUT2D eigenvalue weighted by Gasteiger charge is 2.22. The van der Waals surface area contributed by atoms with Crippen molar-refractivity contribution < 1.29 is 4.79 Å². The minimum absolute atomic E-state index is 0.155. The van der Waals surface area contributed by atoms with Crippen molar-refractivity contribution in [2.24, 2.45) is 4.99 Å². The van der Waals surface area contributed by atoms with Crippen LogP contribution in [-0.2, 0) is 4.79 Å². The molecule has 0 aromatic carbocycles. The molecule has 1 rings (SSSR count). The third-order valence-corrected chi connectivity index (χ3v) is 4.76. The van der Waals surface area contributed by atoms with E-state index in [4.69, 9.17) is 4.99 Å². The molecule has 0 spiro atoms. The van der Waals surface area contributed by atoms with Gasteiger partial charge in [-0.15, -0.1) is 0 Å². The van der Waals surface area contributed by atoms with Crippen LogP contribution in [0.25, 0.3) is 0 Å². The number of nitrogens with one attached hydrogen (secondary N) is 1. The monoisotopic (exact) mass is 300 g/mol. The van der Waals surface area contributed by atoms with Gasteiger partial charge in [0, 0.05) is 44.4 Å². The number of amides is 1. The smallest absolute Gasteiger partial charge is 0.219 e. The van der Waals surface area contributed by atoms with E-state index in [9.17, 15) is 4.79 Å². The quantitative estimate of drug-likeness (QED) is 0.627. The number of guanidine groups is 1. The molecule has 5 nitrogen and oxygen atoms in total. The van der Waals surface area contributed by atoms with E-state index in [1.54, 1.807) is 6.92 Å². The maximum absolute atomic E-state index is 11.4. The van der Waals surface area contributed by atoms with Crippen molar-refractivity contribution in [2.75, 3.05) is 45.5 Å². The zero-order valence-corrected chi connectivity index (χ0v) is 14.2. The summed E-state index contributed by atoms with van der Waals surface area (Å²) < 4.78 is 0.155. The van der Waals surface area contributed by atoms with Crippen molar-refractivity contribution in [3.8, 4) is 0 Å². The number of hydrogen-bond acceptors (Lipinski definition) is 3. The normalized spacial score (nSPS) is 17.4. The number of nitrogens with zero attached hydrogens (tertiary/aromatic N) is 3. The zero-order chi connectivity index (χ0) is 15.2. The average molecular weight is 300 g/mol. The highest BCUT2D eigenvalue weighted by molar-refractivity contribution is 7.99. The second kappa shape index (κ2) is 7.76. The summed E-state index contributed by atoms with van der Waals surface area (Å²) in [6.45, 7) is 13.1. The lowest BCUT2D eigenvalue weighted by atomic mass is 10.2. The Hall–Kier alpha value is -0.910. The van der Waals surface area contributed by atoms with Gasteiger partial charge in [0.05, 0.1) is 6.54 Å². The summed E-state index contributed by atoms with van der Waals surface area (Å²) in [4.78, 5) is 20.3. The summed E-state index contributed by atoms with van der Waals surface area (Å²) in [5.74, 6) is 1.13. The van der Waals surface area contributed by atoms with E-state index in [0.717, 1.165) is 45.2 Å². The number of rotatable bonds is 4. The molecule has 0 bridgehead atoms. The first-order valence-electron chi connectivity index (χ1n) is 7.23. The minimum atomic E-state index is 0.155. The summed E-state index contributed by atoms with van der Waals surface area (Å²) in [6.07, 6.45) is 2.12. The molecule has 1 aliphatic rings. The SMILES string of the molecule is CCNC(=NCC(C)(C)SC)N1CCN(C(C)=O)CC1. The number of carbonyl (C=O) groups excluding carboxylic acids is 1. The van der Waals surface area contributed by atoms with Crippen molar-refractivity contribution in [1.29, 1.82) is 0 Å². The van der Waals surface area contributed by atoms with Gasteiger partial charge < -0.3 is 15.1 Å².